The Bertz CT molecular complexity index is 77.4. The van der Waals surface area contributed by atoms with Crippen molar-refractivity contribution in [3.8, 4) is 0 Å². The molecule has 0 bridgehead atoms. The smallest absolute Gasteiger partial charge is 0.404 e. The fraction of sp³-hybridized carbons (Fsp3) is 0.800. The number of ether oxygens (including phenoxy) is 1. The second kappa shape index (κ2) is 4.43. The summed E-state index contributed by atoms with van der Waals surface area (Å²) in [5, 5.41) is 0. The first kappa shape index (κ1) is 7.27. The summed E-state index contributed by atoms with van der Waals surface area (Å²) in [5.41, 5.74) is 4.67. The number of amides is 1. The summed E-state index contributed by atoms with van der Waals surface area (Å²) in [4.78, 5) is 9.87. The molecule has 0 spiro atoms. The van der Waals surface area contributed by atoms with E-state index in [1.165, 1.54) is 0 Å². The van der Waals surface area contributed by atoms with E-state index < -0.39 is 6.09 Å². The molecular weight excluding hydrogens is 106 g/mol. The second-order valence-corrected chi connectivity index (χ2v) is 1.52. The first-order valence-electron chi connectivity index (χ1n) is 2.69. The number of primary amides is 1. The van der Waals surface area contributed by atoms with Crippen LogP contribution in [0, 0.1) is 0 Å². The zero-order valence-corrected chi connectivity index (χ0v) is 5.02. The molecule has 0 unspecified atom stereocenters. The van der Waals surface area contributed by atoms with Crippen LogP contribution in [0.5, 0.6) is 0 Å². The zero-order chi connectivity index (χ0) is 6.41. The van der Waals surface area contributed by atoms with Crippen LogP contribution >= 0.6 is 0 Å². The standard InChI is InChI=1S/C5H11NO2.H2/c1-2-3-4-8-5(6)7;/h2-4H2,1H3,(H2,6,7);1H. The topological polar surface area (TPSA) is 52.3 Å². The van der Waals surface area contributed by atoms with Gasteiger partial charge in [-0.2, -0.15) is 0 Å². The van der Waals surface area contributed by atoms with Crippen molar-refractivity contribution in [2.45, 2.75) is 19.8 Å². The predicted molar refractivity (Wildman–Crippen MR) is 32.6 cm³/mol. The van der Waals surface area contributed by atoms with E-state index in [-0.39, 0.29) is 1.43 Å². The van der Waals surface area contributed by atoms with Crippen LogP contribution in [0.1, 0.15) is 21.2 Å². The second-order valence-electron chi connectivity index (χ2n) is 1.52. The van der Waals surface area contributed by atoms with E-state index in [0.717, 1.165) is 12.8 Å². The maximum atomic E-state index is 9.87. The molecule has 0 aromatic heterocycles. The third kappa shape index (κ3) is 5.27. The fourth-order valence-electron chi connectivity index (χ4n) is 0.317. The van der Waals surface area contributed by atoms with Gasteiger partial charge in [-0.25, -0.2) is 4.79 Å². The van der Waals surface area contributed by atoms with Crippen molar-refractivity contribution in [3.63, 3.8) is 0 Å². The highest BCUT2D eigenvalue weighted by Crippen LogP contribution is 1.85. The van der Waals surface area contributed by atoms with Gasteiger partial charge in [-0.05, 0) is 6.42 Å². The van der Waals surface area contributed by atoms with E-state index in [9.17, 15) is 4.79 Å². The first-order chi connectivity index (χ1) is 3.77. The monoisotopic (exact) mass is 119 g/mol. The van der Waals surface area contributed by atoms with Crippen LogP contribution in [-0.2, 0) is 4.74 Å². The summed E-state index contributed by atoms with van der Waals surface area (Å²) < 4.78 is 4.42. The van der Waals surface area contributed by atoms with Crippen molar-refractivity contribution >= 4 is 6.09 Å². The Kier molecular flexibility index (Phi) is 4.03. The molecule has 3 heteroatoms. The molecule has 0 radical (unpaired) electrons. The molecule has 8 heavy (non-hydrogen) atoms. The number of unbranched alkanes of at least 4 members (excludes halogenated alkanes) is 1. The van der Waals surface area contributed by atoms with Crippen molar-refractivity contribution in [2.24, 2.45) is 5.73 Å². The van der Waals surface area contributed by atoms with Crippen LogP contribution in [0.2, 0.25) is 0 Å². The summed E-state index contributed by atoms with van der Waals surface area (Å²) in [6.45, 7) is 2.47. The Labute approximate surface area is 50.3 Å². The highest BCUT2D eigenvalue weighted by molar-refractivity contribution is 5.64. The molecule has 0 rings (SSSR count). The lowest BCUT2D eigenvalue weighted by Gasteiger charge is -1.95. The van der Waals surface area contributed by atoms with Gasteiger partial charge in [-0.3, -0.25) is 0 Å². The SMILES string of the molecule is CCCCOC(N)=O.[HH]. The van der Waals surface area contributed by atoms with E-state index in [2.05, 4.69) is 10.5 Å². The molecule has 1 amide bonds. The molecule has 50 valence electrons. The zero-order valence-electron chi connectivity index (χ0n) is 5.02. The molecule has 0 atom stereocenters. The van der Waals surface area contributed by atoms with Gasteiger partial charge in [-0.15, -0.1) is 0 Å². The Morgan fingerprint density at radius 2 is 2.50 bits per heavy atom. The molecule has 0 fully saturated rings. The van der Waals surface area contributed by atoms with Crippen LogP contribution < -0.4 is 5.73 Å². The lowest BCUT2D eigenvalue weighted by Crippen LogP contribution is -2.13. The predicted octanol–water partition coefficient (Wildman–Crippen LogP) is 1.13. The maximum Gasteiger partial charge on any atom is 0.404 e. The normalized spacial score (nSPS) is 8.62. The van der Waals surface area contributed by atoms with Gasteiger partial charge in [-0.1, -0.05) is 13.3 Å². The molecule has 0 aliphatic rings. The van der Waals surface area contributed by atoms with Crippen molar-refractivity contribution in [1.29, 1.82) is 0 Å². The van der Waals surface area contributed by atoms with Crippen molar-refractivity contribution < 1.29 is 11.0 Å². The van der Waals surface area contributed by atoms with Crippen LogP contribution in [0.4, 0.5) is 4.79 Å². The summed E-state index contributed by atoms with van der Waals surface area (Å²) in [7, 11) is 0. The summed E-state index contributed by atoms with van der Waals surface area (Å²) >= 11 is 0. The summed E-state index contributed by atoms with van der Waals surface area (Å²) in [6, 6.07) is 0. The third-order valence-electron chi connectivity index (χ3n) is 0.742. The van der Waals surface area contributed by atoms with Gasteiger partial charge < -0.3 is 10.5 Å². The highest BCUT2D eigenvalue weighted by Gasteiger charge is 1.88. The van der Waals surface area contributed by atoms with E-state index in [0.29, 0.717) is 6.61 Å². The third-order valence-corrected chi connectivity index (χ3v) is 0.742. The van der Waals surface area contributed by atoms with E-state index in [1.807, 2.05) is 6.92 Å². The van der Waals surface area contributed by atoms with Crippen LogP contribution in [0.25, 0.3) is 0 Å². The fourth-order valence-corrected chi connectivity index (χ4v) is 0.317. The van der Waals surface area contributed by atoms with Crippen molar-refractivity contribution in [2.75, 3.05) is 6.61 Å². The molecule has 0 aliphatic heterocycles. The average molecular weight is 119 g/mol. The number of carbonyl (C=O) groups excluding carboxylic acids is 1. The van der Waals surface area contributed by atoms with Gasteiger partial charge in [0.2, 0.25) is 0 Å². The lowest BCUT2D eigenvalue weighted by molar-refractivity contribution is 0.155. The van der Waals surface area contributed by atoms with Crippen molar-refractivity contribution in [3.05, 3.63) is 0 Å². The van der Waals surface area contributed by atoms with Gasteiger partial charge in [0.25, 0.3) is 0 Å². The highest BCUT2D eigenvalue weighted by atomic mass is 16.5. The van der Waals surface area contributed by atoms with Gasteiger partial charge >= 0.3 is 6.09 Å². The van der Waals surface area contributed by atoms with E-state index in [1.54, 1.807) is 0 Å². The molecule has 0 aliphatic carbocycles. The van der Waals surface area contributed by atoms with Crippen LogP contribution in [0.3, 0.4) is 0 Å². The van der Waals surface area contributed by atoms with Gasteiger partial charge in [0.15, 0.2) is 0 Å². The molecule has 0 saturated heterocycles. The quantitative estimate of drug-likeness (QED) is 0.566. The summed E-state index contributed by atoms with van der Waals surface area (Å²) in [6.07, 6.45) is 1.23. The number of nitrogens with two attached hydrogens (primary N) is 1. The Balaban J connectivity index is 0. The van der Waals surface area contributed by atoms with Gasteiger partial charge in [0.05, 0.1) is 6.61 Å². The number of hydrogen-bond donors (Lipinski definition) is 1. The van der Waals surface area contributed by atoms with Gasteiger partial charge in [0.1, 0.15) is 0 Å². The van der Waals surface area contributed by atoms with Crippen LogP contribution in [0.15, 0.2) is 0 Å². The summed E-state index contributed by atoms with van der Waals surface area (Å²) in [5.74, 6) is 0. The van der Waals surface area contributed by atoms with E-state index >= 15 is 0 Å². The van der Waals surface area contributed by atoms with Gasteiger partial charge in [0, 0.05) is 1.43 Å². The minimum atomic E-state index is -0.682. The van der Waals surface area contributed by atoms with E-state index in [4.69, 9.17) is 0 Å². The molecule has 0 aromatic carbocycles. The maximum absolute atomic E-state index is 9.87. The molecule has 3 nitrogen and oxygen atoms in total. The number of carbonyl (C=O) groups is 1. The first-order valence-corrected chi connectivity index (χ1v) is 2.69. The molecule has 0 aromatic rings. The largest absolute Gasteiger partial charge is 0.450 e. The Hall–Kier alpha value is -0.730. The molecule has 0 heterocycles. The number of rotatable bonds is 3. The minimum absolute atomic E-state index is 0. The minimum Gasteiger partial charge on any atom is -0.450 e. The Morgan fingerprint density at radius 1 is 1.88 bits per heavy atom. The van der Waals surface area contributed by atoms with Crippen LogP contribution in [-0.4, -0.2) is 12.7 Å². The average Bonchev–Trinajstić information content (AvgIpc) is 1.66. The molecule has 0 saturated carbocycles. The number of hydrogen-bond acceptors (Lipinski definition) is 2. The van der Waals surface area contributed by atoms with Crippen molar-refractivity contribution in [1.82, 2.24) is 0 Å². The lowest BCUT2D eigenvalue weighted by atomic mass is 10.4. The molecular formula is C5H13NO2. The Morgan fingerprint density at radius 3 is 2.88 bits per heavy atom. The molecule has 2 N–H and O–H groups in total.